The number of anilines is 2. The van der Waals surface area contributed by atoms with Crippen molar-refractivity contribution in [3.05, 3.63) is 6.20 Å². The third-order valence-corrected chi connectivity index (χ3v) is 3.97. The van der Waals surface area contributed by atoms with Gasteiger partial charge >= 0.3 is 0 Å². The van der Waals surface area contributed by atoms with E-state index in [-0.39, 0.29) is 5.91 Å². The number of nitrogens with zero attached hydrogens (tertiary/aromatic N) is 4. The molecule has 2 aromatic heterocycles. The van der Waals surface area contributed by atoms with Crippen molar-refractivity contribution in [2.75, 3.05) is 30.5 Å². The van der Waals surface area contributed by atoms with Gasteiger partial charge < -0.3 is 10.2 Å². The summed E-state index contributed by atoms with van der Waals surface area (Å²) in [6.07, 6.45) is 2.45. The summed E-state index contributed by atoms with van der Waals surface area (Å²) in [6.45, 7) is 3.29. The molecule has 1 aliphatic rings. The average Bonchev–Trinajstić information content (AvgIpc) is 3.12. The number of rotatable bonds is 3. The third-order valence-electron chi connectivity index (χ3n) is 3.97. The topological polar surface area (TPSA) is 125 Å². The minimum absolute atomic E-state index is 0.0414. The number of aromatic nitrogens is 4. The standard InChI is InChI=1S/C12H18N8O/c1-12(10(21)14-2)3-4-20(6-12)9-7-5-15-19-8(7)16-11(17-9)18-13/h5H,3-4,6,13H2,1-2H3,(H,14,21)(H2,15,16,17,18,19). The SMILES string of the molecule is CNC(=O)C1(C)CCN(c2nc(NN)nc3[nH]ncc23)C1. The summed E-state index contributed by atoms with van der Waals surface area (Å²) >= 11 is 0. The first-order chi connectivity index (χ1) is 10.1. The minimum Gasteiger partial charge on any atom is -0.359 e. The molecule has 5 N–H and O–H groups in total. The number of carbonyl (C=O) groups excluding carboxylic acids is 1. The number of hydrogen-bond donors (Lipinski definition) is 4. The van der Waals surface area contributed by atoms with Crippen molar-refractivity contribution < 1.29 is 4.79 Å². The molecule has 112 valence electrons. The first kappa shape index (κ1) is 13.6. The number of nitrogen functional groups attached to an aromatic ring is 1. The van der Waals surface area contributed by atoms with Gasteiger partial charge in [-0.1, -0.05) is 0 Å². The number of amides is 1. The van der Waals surface area contributed by atoms with Crippen LogP contribution in [0.1, 0.15) is 13.3 Å². The van der Waals surface area contributed by atoms with Gasteiger partial charge in [-0.3, -0.25) is 15.3 Å². The highest BCUT2D eigenvalue weighted by Gasteiger charge is 2.40. The number of fused-ring (bicyclic) bond motifs is 1. The fraction of sp³-hybridized carbons (Fsp3) is 0.500. The Morgan fingerprint density at radius 3 is 3.05 bits per heavy atom. The van der Waals surface area contributed by atoms with Crippen LogP contribution in [-0.2, 0) is 4.79 Å². The molecule has 0 spiro atoms. The largest absolute Gasteiger partial charge is 0.359 e. The van der Waals surface area contributed by atoms with E-state index in [4.69, 9.17) is 5.84 Å². The van der Waals surface area contributed by atoms with Crippen LogP contribution in [0.25, 0.3) is 11.0 Å². The maximum atomic E-state index is 12.0. The summed E-state index contributed by atoms with van der Waals surface area (Å²) in [5.41, 5.74) is 2.64. The van der Waals surface area contributed by atoms with Gasteiger partial charge in [-0.15, -0.1) is 0 Å². The summed E-state index contributed by atoms with van der Waals surface area (Å²) in [5, 5.41) is 10.3. The normalized spacial score (nSPS) is 21.8. The van der Waals surface area contributed by atoms with Crippen LogP contribution in [0.2, 0.25) is 0 Å². The van der Waals surface area contributed by atoms with Gasteiger partial charge in [-0.2, -0.15) is 15.1 Å². The van der Waals surface area contributed by atoms with Gasteiger partial charge in [0.2, 0.25) is 11.9 Å². The lowest BCUT2D eigenvalue weighted by molar-refractivity contribution is -0.128. The van der Waals surface area contributed by atoms with Crippen LogP contribution in [0.5, 0.6) is 0 Å². The van der Waals surface area contributed by atoms with Crippen molar-refractivity contribution in [3.63, 3.8) is 0 Å². The Balaban J connectivity index is 1.98. The first-order valence-corrected chi connectivity index (χ1v) is 6.72. The molecule has 1 unspecified atom stereocenters. The summed E-state index contributed by atoms with van der Waals surface area (Å²) < 4.78 is 0. The van der Waals surface area contributed by atoms with Crippen LogP contribution in [-0.4, -0.2) is 46.2 Å². The fourth-order valence-electron chi connectivity index (χ4n) is 2.75. The zero-order chi connectivity index (χ0) is 15.0. The van der Waals surface area contributed by atoms with Gasteiger partial charge in [0.1, 0.15) is 5.82 Å². The number of hydrazine groups is 1. The lowest BCUT2D eigenvalue weighted by Crippen LogP contribution is -2.39. The molecule has 0 radical (unpaired) electrons. The van der Waals surface area contributed by atoms with Gasteiger partial charge in [-0.25, -0.2) is 5.84 Å². The predicted octanol–water partition coefficient (Wildman–Crippen LogP) is -0.399. The predicted molar refractivity (Wildman–Crippen MR) is 78.5 cm³/mol. The van der Waals surface area contributed by atoms with E-state index in [0.29, 0.717) is 18.1 Å². The molecule has 1 aliphatic heterocycles. The van der Waals surface area contributed by atoms with Crippen LogP contribution in [0.15, 0.2) is 6.20 Å². The van der Waals surface area contributed by atoms with E-state index in [1.54, 1.807) is 13.2 Å². The molecule has 3 rings (SSSR count). The summed E-state index contributed by atoms with van der Waals surface area (Å²) in [5.74, 6) is 6.50. The van der Waals surface area contributed by atoms with Crippen molar-refractivity contribution in [1.29, 1.82) is 0 Å². The molecule has 0 saturated carbocycles. The Labute approximate surface area is 121 Å². The molecule has 0 aliphatic carbocycles. The lowest BCUT2D eigenvalue weighted by atomic mass is 9.89. The smallest absolute Gasteiger partial charge is 0.241 e. The van der Waals surface area contributed by atoms with E-state index in [2.05, 4.69) is 35.8 Å². The molecule has 3 heterocycles. The van der Waals surface area contributed by atoms with Crippen LogP contribution in [0.3, 0.4) is 0 Å². The third kappa shape index (κ3) is 2.15. The molecule has 1 saturated heterocycles. The molecule has 0 aromatic carbocycles. The van der Waals surface area contributed by atoms with Crippen molar-refractivity contribution in [2.24, 2.45) is 11.3 Å². The van der Waals surface area contributed by atoms with Crippen molar-refractivity contribution in [2.45, 2.75) is 13.3 Å². The molecule has 9 nitrogen and oxygen atoms in total. The molecule has 1 fully saturated rings. The molecule has 21 heavy (non-hydrogen) atoms. The van der Waals surface area contributed by atoms with Gasteiger partial charge in [-0.05, 0) is 13.3 Å². The monoisotopic (exact) mass is 290 g/mol. The van der Waals surface area contributed by atoms with E-state index in [0.717, 1.165) is 24.2 Å². The highest BCUT2D eigenvalue weighted by atomic mass is 16.2. The summed E-state index contributed by atoms with van der Waals surface area (Å²) in [6, 6.07) is 0. The highest BCUT2D eigenvalue weighted by Crippen LogP contribution is 2.35. The van der Waals surface area contributed by atoms with E-state index < -0.39 is 5.41 Å². The Kier molecular flexibility index (Phi) is 3.13. The molecule has 0 bridgehead atoms. The van der Waals surface area contributed by atoms with Crippen molar-refractivity contribution >= 4 is 28.7 Å². The molecule has 9 heteroatoms. The number of hydrogen-bond acceptors (Lipinski definition) is 7. The Bertz CT molecular complexity index is 683. The molecule has 2 aromatic rings. The molecule has 1 atom stereocenters. The fourth-order valence-corrected chi connectivity index (χ4v) is 2.75. The minimum atomic E-state index is -0.425. The maximum absolute atomic E-state index is 12.0. The van der Waals surface area contributed by atoms with Gasteiger partial charge in [0.25, 0.3) is 0 Å². The van der Waals surface area contributed by atoms with Crippen molar-refractivity contribution in [3.8, 4) is 0 Å². The second-order valence-corrected chi connectivity index (χ2v) is 5.46. The van der Waals surface area contributed by atoms with E-state index in [1.165, 1.54) is 0 Å². The highest BCUT2D eigenvalue weighted by molar-refractivity contribution is 5.89. The second-order valence-electron chi connectivity index (χ2n) is 5.46. The quantitative estimate of drug-likeness (QED) is 0.448. The number of carbonyl (C=O) groups is 1. The van der Waals surface area contributed by atoms with Crippen molar-refractivity contribution in [1.82, 2.24) is 25.5 Å². The number of H-pyrrole nitrogens is 1. The first-order valence-electron chi connectivity index (χ1n) is 6.72. The zero-order valence-corrected chi connectivity index (χ0v) is 12.0. The average molecular weight is 290 g/mol. The lowest BCUT2D eigenvalue weighted by Gasteiger charge is -2.23. The van der Waals surface area contributed by atoms with Crippen LogP contribution in [0, 0.1) is 5.41 Å². The molecule has 1 amide bonds. The number of nitrogens with two attached hydrogens (primary N) is 1. The second kappa shape index (κ2) is 4.85. The van der Waals surface area contributed by atoms with Gasteiger partial charge in [0.15, 0.2) is 5.65 Å². The van der Waals surface area contributed by atoms with Crippen LogP contribution >= 0.6 is 0 Å². The van der Waals surface area contributed by atoms with Gasteiger partial charge in [0, 0.05) is 20.1 Å². The zero-order valence-electron chi connectivity index (χ0n) is 12.0. The summed E-state index contributed by atoms with van der Waals surface area (Å²) in [7, 11) is 1.66. The van der Waals surface area contributed by atoms with E-state index in [1.807, 2.05) is 6.92 Å². The van der Waals surface area contributed by atoms with E-state index >= 15 is 0 Å². The Morgan fingerprint density at radius 2 is 2.33 bits per heavy atom. The van der Waals surface area contributed by atoms with Gasteiger partial charge in [0.05, 0.1) is 17.0 Å². The molecular formula is C12H18N8O. The Morgan fingerprint density at radius 1 is 1.52 bits per heavy atom. The maximum Gasteiger partial charge on any atom is 0.241 e. The molecular weight excluding hydrogens is 272 g/mol. The number of nitrogens with one attached hydrogen (secondary N) is 3. The van der Waals surface area contributed by atoms with Crippen LogP contribution < -0.4 is 21.5 Å². The van der Waals surface area contributed by atoms with E-state index in [9.17, 15) is 4.79 Å². The van der Waals surface area contributed by atoms with Crippen LogP contribution in [0.4, 0.5) is 11.8 Å². The number of aromatic amines is 1. The Hall–Kier alpha value is -2.42. The summed E-state index contributed by atoms with van der Waals surface area (Å²) in [4.78, 5) is 22.7.